The highest BCUT2D eigenvalue weighted by atomic mass is 16.7. The zero-order chi connectivity index (χ0) is 16.0. The minimum absolute atomic E-state index is 0.122. The molecule has 0 bridgehead atoms. The predicted octanol–water partition coefficient (Wildman–Crippen LogP) is 1.30. The van der Waals surface area contributed by atoms with E-state index < -0.39 is 5.79 Å². The lowest BCUT2D eigenvalue weighted by molar-refractivity contribution is -0.181. The maximum atomic E-state index is 13.0. The molecule has 0 radical (unpaired) electrons. The molecule has 124 valence electrons. The molecule has 0 aliphatic carbocycles. The van der Waals surface area contributed by atoms with E-state index >= 15 is 0 Å². The molecule has 6 heteroatoms. The maximum Gasteiger partial charge on any atom is 0.293 e. The van der Waals surface area contributed by atoms with Crippen molar-refractivity contribution in [2.45, 2.75) is 31.8 Å². The fourth-order valence-electron chi connectivity index (χ4n) is 3.82. The number of hydrogen-bond acceptors (Lipinski definition) is 5. The monoisotopic (exact) mass is 318 g/mol. The lowest BCUT2D eigenvalue weighted by Gasteiger charge is -2.37. The Kier molecular flexibility index (Phi) is 3.65. The molecule has 2 fully saturated rings. The average Bonchev–Trinajstić information content (AvgIpc) is 3.09. The summed E-state index contributed by atoms with van der Waals surface area (Å²) < 4.78 is 17.3. The molecule has 1 spiro atoms. The summed E-state index contributed by atoms with van der Waals surface area (Å²) in [5.74, 6) is -1.36. The van der Waals surface area contributed by atoms with E-state index in [1.54, 1.807) is 4.90 Å². The largest absolute Gasteiger partial charge is 0.373 e. The smallest absolute Gasteiger partial charge is 0.293 e. The zero-order valence-electron chi connectivity index (χ0n) is 13.5. The van der Waals surface area contributed by atoms with Crippen LogP contribution in [0.2, 0.25) is 0 Å². The van der Waals surface area contributed by atoms with Gasteiger partial charge in [-0.15, -0.1) is 0 Å². The van der Waals surface area contributed by atoms with Gasteiger partial charge in [0.25, 0.3) is 11.7 Å². The molecule has 1 aromatic carbocycles. The molecule has 1 amide bonds. The molecule has 23 heavy (non-hydrogen) atoms. The Labute approximate surface area is 135 Å². The molecule has 2 saturated heterocycles. The Bertz CT molecular complexity index is 604. The lowest BCUT2D eigenvalue weighted by atomic mass is 10.1. The predicted molar refractivity (Wildman–Crippen MR) is 84.0 cm³/mol. The lowest BCUT2D eigenvalue weighted by Crippen LogP contribution is -2.52. The van der Waals surface area contributed by atoms with Gasteiger partial charge in [-0.05, 0) is 19.9 Å². The third kappa shape index (κ3) is 2.37. The summed E-state index contributed by atoms with van der Waals surface area (Å²) in [4.78, 5) is 17.1. The number of anilines is 1. The second-order valence-electron chi connectivity index (χ2n) is 6.50. The first-order valence-corrected chi connectivity index (χ1v) is 8.17. The van der Waals surface area contributed by atoms with Crippen molar-refractivity contribution >= 4 is 11.6 Å². The molecule has 0 saturated carbocycles. The Morgan fingerprint density at radius 2 is 1.78 bits per heavy atom. The van der Waals surface area contributed by atoms with E-state index in [4.69, 9.17) is 14.2 Å². The van der Waals surface area contributed by atoms with E-state index in [-0.39, 0.29) is 18.1 Å². The van der Waals surface area contributed by atoms with Gasteiger partial charge in [-0.3, -0.25) is 14.6 Å². The van der Waals surface area contributed by atoms with Crippen LogP contribution in [-0.2, 0) is 24.8 Å². The van der Waals surface area contributed by atoms with Crippen molar-refractivity contribution in [3.05, 3.63) is 29.8 Å². The van der Waals surface area contributed by atoms with Crippen molar-refractivity contribution in [1.29, 1.82) is 0 Å². The Balaban J connectivity index is 1.63. The number of hydrogen-bond donors (Lipinski definition) is 0. The molecule has 6 nitrogen and oxygen atoms in total. The average molecular weight is 318 g/mol. The number of amides is 1. The fraction of sp³-hybridized carbons (Fsp3) is 0.588. The van der Waals surface area contributed by atoms with Crippen LogP contribution in [0.15, 0.2) is 24.3 Å². The fourth-order valence-corrected chi connectivity index (χ4v) is 3.82. The van der Waals surface area contributed by atoms with Gasteiger partial charge in [-0.1, -0.05) is 18.2 Å². The number of nitrogens with zero attached hydrogens (tertiary/aromatic N) is 2. The minimum atomic E-state index is -1.24. The summed E-state index contributed by atoms with van der Waals surface area (Å²) in [6, 6.07) is 7.74. The summed E-state index contributed by atoms with van der Waals surface area (Å²) >= 11 is 0. The number of ether oxygens (including phenoxy) is 3. The number of carbonyl (C=O) groups is 1. The van der Waals surface area contributed by atoms with Crippen LogP contribution in [0.3, 0.4) is 0 Å². The van der Waals surface area contributed by atoms with E-state index in [0.29, 0.717) is 19.9 Å². The van der Waals surface area contributed by atoms with Crippen LogP contribution in [-0.4, -0.2) is 56.0 Å². The van der Waals surface area contributed by atoms with Crippen LogP contribution < -0.4 is 4.90 Å². The van der Waals surface area contributed by atoms with E-state index in [9.17, 15) is 4.79 Å². The summed E-state index contributed by atoms with van der Waals surface area (Å²) in [7, 11) is 0. The number of benzene rings is 1. The summed E-state index contributed by atoms with van der Waals surface area (Å²) in [5, 5.41) is 0. The van der Waals surface area contributed by atoms with Crippen molar-refractivity contribution in [2.75, 3.05) is 37.9 Å². The molecule has 1 aromatic rings. The number of carbonyl (C=O) groups excluding carboxylic acids is 1. The first-order valence-electron chi connectivity index (χ1n) is 8.17. The SMILES string of the molecule is C[C@@H]1CN(CN2C(=O)C3(OCCO3)c3ccccc32)C[C@H](C)O1. The highest BCUT2D eigenvalue weighted by molar-refractivity contribution is 6.06. The van der Waals surface area contributed by atoms with Crippen LogP contribution in [0.5, 0.6) is 0 Å². The van der Waals surface area contributed by atoms with Crippen LogP contribution in [0.25, 0.3) is 0 Å². The Morgan fingerprint density at radius 1 is 1.13 bits per heavy atom. The van der Waals surface area contributed by atoms with E-state index in [1.165, 1.54) is 0 Å². The third-order valence-electron chi connectivity index (χ3n) is 4.61. The molecule has 3 aliphatic rings. The van der Waals surface area contributed by atoms with Gasteiger partial charge in [0.15, 0.2) is 0 Å². The molecule has 3 heterocycles. The van der Waals surface area contributed by atoms with Crippen molar-refractivity contribution in [2.24, 2.45) is 0 Å². The van der Waals surface area contributed by atoms with Crippen LogP contribution in [0.1, 0.15) is 19.4 Å². The molecular weight excluding hydrogens is 296 g/mol. The summed E-state index contributed by atoms with van der Waals surface area (Å²) in [6.45, 7) is 7.16. The van der Waals surface area contributed by atoms with Crippen LogP contribution in [0.4, 0.5) is 5.69 Å². The van der Waals surface area contributed by atoms with Crippen molar-refractivity contribution in [1.82, 2.24) is 4.90 Å². The summed E-state index contributed by atoms with van der Waals surface area (Å²) in [6.07, 6.45) is 0.333. The van der Waals surface area contributed by atoms with Gasteiger partial charge < -0.3 is 14.2 Å². The van der Waals surface area contributed by atoms with Crippen molar-refractivity contribution < 1.29 is 19.0 Å². The minimum Gasteiger partial charge on any atom is -0.373 e. The van der Waals surface area contributed by atoms with Crippen LogP contribution >= 0.6 is 0 Å². The Morgan fingerprint density at radius 3 is 2.48 bits per heavy atom. The van der Waals surface area contributed by atoms with Crippen LogP contribution in [0, 0.1) is 0 Å². The molecule has 4 rings (SSSR count). The van der Waals surface area contributed by atoms with Gasteiger partial charge in [0.05, 0.1) is 37.8 Å². The standard InChI is InChI=1S/C17H22N2O4/c1-12-9-18(10-13(2)23-12)11-19-15-6-4-3-5-14(15)17(16(19)20)21-7-8-22-17/h3-6,12-13H,7-11H2,1-2H3/t12-,13+. The van der Waals surface area contributed by atoms with Gasteiger partial charge in [0, 0.05) is 18.7 Å². The Hall–Kier alpha value is -1.47. The normalized spacial score (nSPS) is 30.2. The molecule has 3 aliphatic heterocycles. The van der Waals surface area contributed by atoms with Gasteiger partial charge in [-0.2, -0.15) is 0 Å². The molecule has 2 atom stereocenters. The van der Waals surface area contributed by atoms with Gasteiger partial charge >= 0.3 is 0 Å². The quantitative estimate of drug-likeness (QED) is 0.823. The second-order valence-corrected chi connectivity index (χ2v) is 6.50. The zero-order valence-corrected chi connectivity index (χ0v) is 13.5. The highest BCUT2D eigenvalue weighted by Gasteiger charge is 2.56. The number of morpholine rings is 1. The molecule has 0 aromatic heterocycles. The molecule has 0 unspecified atom stereocenters. The van der Waals surface area contributed by atoms with Crippen molar-refractivity contribution in [3.63, 3.8) is 0 Å². The number of fused-ring (bicyclic) bond motifs is 2. The first-order chi connectivity index (χ1) is 11.1. The van der Waals surface area contributed by atoms with Crippen molar-refractivity contribution in [3.8, 4) is 0 Å². The summed E-state index contributed by atoms with van der Waals surface area (Å²) in [5.41, 5.74) is 1.70. The van der Waals surface area contributed by atoms with E-state index in [0.717, 1.165) is 24.3 Å². The van der Waals surface area contributed by atoms with E-state index in [2.05, 4.69) is 18.7 Å². The molecular formula is C17H22N2O4. The van der Waals surface area contributed by atoms with E-state index in [1.807, 2.05) is 24.3 Å². The van der Waals surface area contributed by atoms with Gasteiger partial charge in [0.1, 0.15) is 0 Å². The number of rotatable bonds is 2. The first kappa shape index (κ1) is 15.1. The van der Waals surface area contributed by atoms with Gasteiger partial charge in [0.2, 0.25) is 0 Å². The third-order valence-corrected chi connectivity index (χ3v) is 4.61. The number of para-hydroxylation sites is 1. The van der Waals surface area contributed by atoms with Gasteiger partial charge in [-0.25, -0.2) is 0 Å². The maximum absolute atomic E-state index is 13.0. The highest BCUT2D eigenvalue weighted by Crippen LogP contribution is 2.45. The molecule has 0 N–H and O–H groups in total. The topological polar surface area (TPSA) is 51.2 Å². The second kappa shape index (κ2) is 5.56.